The fourth-order valence-corrected chi connectivity index (χ4v) is 2.56. The maximum Gasteiger partial charge on any atom is 0.256 e. The molecule has 1 fully saturated rings. The number of amides is 1. The summed E-state index contributed by atoms with van der Waals surface area (Å²) in [5.41, 5.74) is 3.02. The van der Waals surface area contributed by atoms with Gasteiger partial charge in [0, 0.05) is 23.2 Å². The van der Waals surface area contributed by atoms with Crippen molar-refractivity contribution in [2.24, 2.45) is 0 Å². The summed E-state index contributed by atoms with van der Waals surface area (Å²) in [5.74, 6) is 0.00885. The van der Waals surface area contributed by atoms with Gasteiger partial charge in [-0.05, 0) is 25.3 Å². The number of carbonyl (C=O) groups is 2. The number of hydrogen-bond donors (Lipinski definition) is 1. The second kappa shape index (κ2) is 3.84. The van der Waals surface area contributed by atoms with Crippen LogP contribution in [0.3, 0.4) is 0 Å². The predicted octanol–water partition coefficient (Wildman–Crippen LogP) is 2.54. The Bertz CT molecular complexity index is 543. The number of Topliss-reactive ketones (excluding diaryl/α,β-unsaturated/α-hetero) is 1. The zero-order chi connectivity index (χ0) is 11.8. The van der Waals surface area contributed by atoms with Crippen LogP contribution in [0.5, 0.6) is 0 Å². The Morgan fingerprint density at radius 1 is 1.00 bits per heavy atom. The molecule has 3 heteroatoms. The van der Waals surface area contributed by atoms with E-state index in [1.807, 2.05) is 24.3 Å². The average molecular weight is 227 g/mol. The summed E-state index contributed by atoms with van der Waals surface area (Å²) in [4.78, 5) is 23.9. The number of para-hydroxylation sites is 1. The van der Waals surface area contributed by atoms with Crippen LogP contribution in [0.15, 0.2) is 29.8 Å². The van der Waals surface area contributed by atoms with Crippen molar-refractivity contribution in [3.63, 3.8) is 0 Å². The van der Waals surface area contributed by atoms with Gasteiger partial charge < -0.3 is 5.32 Å². The van der Waals surface area contributed by atoms with Gasteiger partial charge in [-0.2, -0.15) is 0 Å². The minimum atomic E-state index is -0.128. The van der Waals surface area contributed by atoms with Crippen LogP contribution < -0.4 is 5.32 Å². The van der Waals surface area contributed by atoms with Crippen LogP contribution in [-0.4, -0.2) is 11.7 Å². The second-order valence-electron chi connectivity index (χ2n) is 4.48. The summed E-state index contributed by atoms with van der Waals surface area (Å²) in [7, 11) is 0. The maximum absolute atomic E-state index is 12.0. The number of hydrogen-bond acceptors (Lipinski definition) is 2. The van der Waals surface area contributed by atoms with Crippen LogP contribution in [0.2, 0.25) is 0 Å². The van der Waals surface area contributed by atoms with Gasteiger partial charge in [0.2, 0.25) is 0 Å². The molecule has 3 rings (SSSR count). The summed E-state index contributed by atoms with van der Waals surface area (Å²) in [5, 5.41) is 2.82. The van der Waals surface area contributed by atoms with Crippen molar-refractivity contribution in [2.75, 3.05) is 5.32 Å². The van der Waals surface area contributed by atoms with Crippen LogP contribution in [-0.2, 0) is 9.59 Å². The summed E-state index contributed by atoms with van der Waals surface area (Å²) in [6.45, 7) is 0. The number of benzene rings is 1. The zero-order valence-electron chi connectivity index (χ0n) is 9.45. The first kappa shape index (κ1) is 10.3. The topological polar surface area (TPSA) is 46.2 Å². The van der Waals surface area contributed by atoms with Crippen molar-refractivity contribution < 1.29 is 9.59 Å². The normalized spacial score (nSPS) is 23.5. The number of rotatable bonds is 0. The molecule has 1 amide bonds. The van der Waals surface area contributed by atoms with E-state index in [4.69, 9.17) is 0 Å². The smallest absolute Gasteiger partial charge is 0.256 e. The molecule has 0 radical (unpaired) electrons. The van der Waals surface area contributed by atoms with Gasteiger partial charge in [0.05, 0.1) is 5.57 Å². The van der Waals surface area contributed by atoms with E-state index in [9.17, 15) is 9.59 Å². The van der Waals surface area contributed by atoms with Gasteiger partial charge in [-0.1, -0.05) is 18.2 Å². The molecule has 1 aromatic carbocycles. The average Bonchev–Trinajstić information content (AvgIpc) is 2.66. The molecule has 0 unspecified atom stereocenters. The van der Waals surface area contributed by atoms with E-state index in [1.165, 1.54) is 0 Å². The molecule has 0 aromatic heterocycles. The Morgan fingerprint density at radius 2 is 1.76 bits per heavy atom. The van der Waals surface area contributed by atoms with Gasteiger partial charge in [-0.3, -0.25) is 9.59 Å². The monoisotopic (exact) mass is 227 g/mol. The molecule has 1 saturated carbocycles. The Labute approximate surface area is 99.5 Å². The van der Waals surface area contributed by atoms with Crippen LogP contribution in [0.4, 0.5) is 5.69 Å². The molecule has 2 aliphatic rings. The number of anilines is 1. The van der Waals surface area contributed by atoms with Gasteiger partial charge in [0.25, 0.3) is 5.91 Å². The second-order valence-corrected chi connectivity index (χ2v) is 4.48. The van der Waals surface area contributed by atoms with Crippen molar-refractivity contribution >= 4 is 23.0 Å². The first-order chi connectivity index (χ1) is 8.27. The van der Waals surface area contributed by atoms with Gasteiger partial charge >= 0.3 is 0 Å². The van der Waals surface area contributed by atoms with Gasteiger partial charge in [0.1, 0.15) is 0 Å². The van der Waals surface area contributed by atoms with Gasteiger partial charge in [0.15, 0.2) is 5.78 Å². The van der Waals surface area contributed by atoms with E-state index in [0.29, 0.717) is 12.0 Å². The third-order valence-electron chi connectivity index (χ3n) is 3.39. The number of fused-ring (bicyclic) bond motifs is 1. The van der Waals surface area contributed by atoms with Crippen LogP contribution in [0.1, 0.15) is 31.2 Å². The lowest BCUT2D eigenvalue weighted by atomic mass is 9.88. The van der Waals surface area contributed by atoms with E-state index < -0.39 is 0 Å². The molecule has 3 nitrogen and oxygen atoms in total. The maximum atomic E-state index is 12.0. The summed E-state index contributed by atoms with van der Waals surface area (Å²) in [6, 6.07) is 7.55. The fraction of sp³-hybridized carbons (Fsp3) is 0.286. The van der Waals surface area contributed by atoms with E-state index in [2.05, 4.69) is 5.32 Å². The lowest BCUT2D eigenvalue weighted by molar-refractivity contribution is -0.117. The highest BCUT2D eigenvalue weighted by atomic mass is 16.2. The van der Waals surface area contributed by atoms with Crippen molar-refractivity contribution in [2.45, 2.75) is 25.7 Å². The van der Waals surface area contributed by atoms with E-state index in [-0.39, 0.29) is 11.7 Å². The van der Waals surface area contributed by atoms with E-state index >= 15 is 0 Å². The molecular formula is C14H13NO2. The molecule has 1 aromatic rings. The van der Waals surface area contributed by atoms with E-state index in [0.717, 1.165) is 36.1 Å². The number of carbonyl (C=O) groups excluding carboxylic acids is 2. The predicted molar refractivity (Wildman–Crippen MR) is 65.5 cm³/mol. The first-order valence-electron chi connectivity index (χ1n) is 5.94. The molecule has 0 spiro atoms. The third-order valence-corrected chi connectivity index (χ3v) is 3.39. The molecule has 1 aliphatic carbocycles. The molecule has 0 bridgehead atoms. The van der Waals surface area contributed by atoms with Crippen LogP contribution in [0, 0.1) is 0 Å². The molecule has 86 valence electrons. The Morgan fingerprint density at radius 3 is 2.59 bits per heavy atom. The quantitative estimate of drug-likeness (QED) is 0.692. The van der Waals surface area contributed by atoms with Gasteiger partial charge in [-0.15, -0.1) is 0 Å². The lowest BCUT2D eigenvalue weighted by Crippen LogP contribution is -2.14. The molecule has 1 N–H and O–H groups in total. The zero-order valence-corrected chi connectivity index (χ0v) is 9.45. The molecule has 17 heavy (non-hydrogen) atoms. The number of nitrogens with one attached hydrogen (secondary N) is 1. The molecule has 0 atom stereocenters. The number of allylic oxidation sites excluding steroid dienone is 1. The summed E-state index contributed by atoms with van der Waals surface area (Å²) >= 11 is 0. The highest BCUT2D eigenvalue weighted by Crippen LogP contribution is 2.36. The highest BCUT2D eigenvalue weighted by molar-refractivity contribution is 6.35. The Hall–Kier alpha value is -1.90. The fourth-order valence-electron chi connectivity index (χ4n) is 2.56. The third kappa shape index (κ3) is 1.58. The van der Waals surface area contributed by atoms with E-state index in [1.54, 1.807) is 0 Å². The van der Waals surface area contributed by atoms with Crippen molar-refractivity contribution in [3.05, 3.63) is 35.4 Å². The molecule has 1 aliphatic heterocycles. The van der Waals surface area contributed by atoms with Crippen molar-refractivity contribution in [1.29, 1.82) is 0 Å². The van der Waals surface area contributed by atoms with Crippen molar-refractivity contribution in [3.8, 4) is 0 Å². The molecule has 1 heterocycles. The lowest BCUT2D eigenvalue weighted by Gasteiger charge is -2.14. The van der Waals surface area contributed by atoms with Crippen LogP contribution >= 0.6 is 0 Å². The largest absolute Gasteiger partial charge is 0.321 e. The highest BCUT2D eigenvalue weighted by Gasteiger charge is 2.30. The Kier molecular flexibility index (Phi) is 2.32. The number of ketones is 1. The molecular weight excluding hydrogens is 214 g/mol. The SMILES string of the molecule is O=C1CCCCC1=C1C(=O)Nc2ccccc21. The van der Waals surface area contributed by atoms with Crippen LogP contribution in [0.25, 0.3) is 5.57 Å². The van der Waals surface area contributed by atoms with Gasteiger partial charge in [-0.25, -0.2) is 0 Å². The summed E-state index contributed by atoms with van der Waals surface area (Å²) in [6.07, 6.45) is 3.25. The standard InChI is InChI=1S/C14H13NO2/c16-12-8-4-2-6-10(12)13-9-5-1-3-7-11(9)15-14(13)17/h1,3,5,7H,2,4,6,8H2,(H,15,17). The minimum absolute atomic E-state index is 0.128. The molecule has 0 saturated heterocycles. The Balaban J connectivity index is 2.17. The summed E-state index contributed by atoms with van der Waals surface area (Å²) < 4.78 is 0. The van der Waals surface area contributed by atoms with Crippen molar-refractivity contribution in [1.82, 2.24) is 0 Å². The minimum Gasteiger partial charge on any atom is -0.321 e. The first-order valence-corrected chi connectivity index (χ1v) is 5.94.